The fraction of sp³-hybridized carbons (Fsp3) is 0.400. The van der Waals surface area contributed by atoms with E-state index in [1.54, 1.807) is 48.5 Å². The van der Waals surface area contributed by atoms with Crippen molar-refractivity contribution in [2.45, 2.75) is 71.1 Å². The minimum absolute atomic E-state index is 0.0412. The average molecular weight is 555 g/mol. The first-order valence-electron chi connectivity index (χ1n) is 14.4. The zero-order valence-electron chi connectivity index (χ0n) is 24.5. The van der Waals surface area contributed by atoms with Gasteiger partial charge in [-0.15, -0.1) is 0 Å². The molecule has 0 heterocycles. The molecule has 2 atom stereocenters. The summed E-state index contributed by atoms with van der Waals surface area (Å²) in [5.41, 5.74) is 1.85. The summed E-state index contributed by atoms with van der Waals surface area (Å²) in [6.07, 6.45) is 3.87. The third kappa shape index (κ3) is 5.05. The molecule has 5 rings (SSSR count). The molecule has 214 valence electrons. The smallest absolute Gasteiger partial charge is 0.343 e. The molecule has 3 aromatic carbocycles. The number of methoxy groups -OCH3 is 1. The Bertz CT molecular complexity index is 1460. The van der Waals surface area contributed by atoms with E-state index in [4.69, 9.17) is 14.2 Å². The van der Waals surface area contributed by atoms with Gasteiger partial charge in [0.15, 0.2) is 11.5 Å². The molecule has 0 unspecified atom stereocenters. The SMILES string of the molecule is COC(=O)[C@]12CCCC(C)(C)[C@@H]1CCc1cc(C(C)C)c(OC(=O)c3ccccc3)c(OC(=O)c3ccccc3)c12. The Morgan fingerprint density at radius 2 is 1.39 bits per heavy atom. The van der Waals surface area contributed by atoms with E-state index in [0.29, 0.717) is 29.5 Å². The van der Waals surface area contributed by atoms with Crippen molar-refractivity contribution in [2.75, 3.05) is 7.11 Å². The number of hydrogen-bond acceptors (Lipinski definition) is 6. The van der Waals surface area contributed by atoms with E-state index in [2.05, 4.69) is 13.8 Å². The van der Waals surface area contributed by atoms with Gasteiger partial charge in [0.1, 0.15) is 5.41 Å². The average Bonchev–Trinajstić information content (AvgIpc) is 2.97. The highest BCUT2D eigenvalue weighted by molar-refractivity contribution is 5.95. The zero-order valence-corrected chi connectivity index (χ0v) is 24.5. The van der Waals surface area contributed by atoms with Crippen molar-refractivity contribution >= 4 is 17.9 Å². The molecule has 2 aliphatic carbocycles. The van der Waals surface area contributed by atoms with Gasteiger partial charge in [-0.05, 0) is 72.8 Å². The lowest BCUT2D eigenvalue weighted by Crippen LogP contribution is -2.55. The third-order valence-corrected chi connectivity index (χ3v) is 9.01. The molecule has 1 saturated carbocycles. The van der Waals surface area contributed by atoms with Crippen molar-refractivity contribution in [1.29, 1.82) is 0 Å². The van der Waals surface area contributed by atoms with Crippen molar-refractivity contribution in [1.82, 2.24) is 0 Å². The molecule has 0 aromatic heterocycles. The van der Waals surface area contributed by atoms with E-state index in [9.17, 15) is 14.4 Å². The lowest BCUT2D eigenvalue weighted by molar-refractivity contribution is -0.156. The van der Waals surface area contributed by atoms with Crippen LogP contribution in [-0.2, 0) is 21.4 Å². The monoisotopic (exact) mass is 554 g/mol. The maximum atomic E-state index is 14.0. The standard InChI is InChI=1S/C35H38O6/c1-22(2)26-21-25-17-18-27-34(3,4)19-12-20-35(27,33(38)39-5)28(25)30(41-32(37)24-15-10-7-11-16-24)29(26)40-31(36)23-13-8-6-9-14-23/h6-11,13-16,21-22,27H,12,17-20H2,1-5H3/t27-,35+/m0/s1. The molecule has 2 aliphatic rings. The molecule has 0 saturated heterocycles. The number of benzene rings is 3. The van der Waals surface area contributed by atoms with Gasteiger partial charge in [-0.1, -0.05) is 76.6 Å². The molecule has 0 N–H and O–H groups in total. The van der Waals surface area contributed by atoms with Crippen molar-refractivity contribution < 1.29 is 28.6 Å². The summed E-state index contributed by atoms with van der Waals surface area (Å²) < 4.78 is 17.9. The first kappa shape index (κ1) is 28.6. The number of fused-ring (bicyclic) bond motifs is 3. The Balaban J connectivity index is 1.80. The topological polar surface area (TPSA) is 78.9 Å². The summed E-state index contributed by atoms with van der Waals surface area (Å²) in [5, 5.41) is 0. The lowest BCUT2D eigenvalue weighted by atomic mass is 9.49. The van der Waals surface area contributed by atoms with Crippen LogP contribution in [0.25, 0.3) is 0 Å². The van der Waals surface area contributed by atoms with Crippen LogP contribution in [0.1, 0.15) is 96.7 Å². The molecule has 0 radical (unpaired) electrons. The highest BCUT2D eigenvalue weighted by Crippen LogP contribution is 2.61. The molecule has 0 spiro atoms. The van der Waals surface area contributed by atoms with Gasteiger partial charge < -0.3 is 14.2 Å². The minimum atomic E-state index is -1.04. The fourth-order valence-electron chi connectivity index (χ4n) is 7.09. The van der Waals surface area contributed by atoms with E-state index in [1.165, 1.54) is 7.11 Å². The second-order valence-corrected chi connectivity index (χ2v) is 12.2. The third-order valence-electron chi connectivity index (χ3n) is 9.01. The first-order chi connectivity index (χ1) is 19.6. The summed E-state index contributed by atoms with van der Waals surface area (Å²) in [4.78, 5) is 41.1. The molecule has 0 amide bonds. The van der Waals surface area contributed by atoms with Gasteiger partial charge >= 0.3 is 17.9 Å². The van der Waals surface area contributed by atoms with Crippen LogP contribution in [0, 0.1) is 11.3 Å². The number of carbonyl (C=O) groups excluding carboxylic acids is 3. The highest BCUT2D eigenvalue weighted by atomic mass is 16.6. The molecule has 0 bridgehead atoms. The predicted molar refractivity (Wildman–Crippen MR) is 156 cm³/mol. The van der Waals surface area contributed by atoms with Crippen molar-refractivity contribution in [3.05, 3.63) is 94.5 Å². The van der Waals surface area contributed by atoms with E-state index in [-0.39, 0.29) is 34.7 Å². The van der Waals surface area contributed by atoms with Gasteiger partial charge in [0.2, 0.25) is 0 Å². The van der Waals surface area contributed by atoms with Gasteiger partial charge in [-0.2, -0.15) is 0 Å². The van der Waals surface area contributed by atoms with Crippen LogP contribution in [0.5, 0.6) is 11.5 Å². The van der Waals surface area contributed by atoms with E-state index < -0.39 is 17.4 Å². The van der Waals surface area contributed by atoms with Gasteiger partial charge in [0, 0.05) is 11.1 Å². The normalized spacial score (nSPS) is 20.9. The second-order valence-electron chi connectivity index (χ2n) is 12.2. The van der Waals surface area contributed by atoms with E-state index in [0.717, 1.165) is 30.4 Å². The Morgan fingerprint density at radius 1 is 0.829 bits per heavy atom. The second kappa shape index (κ2) is 11.2. The number of rotatable bonds is 6. The molecular weight excluding hydrogens is 516 g/mol. The van der Waals surface area contributed by atoms with Gasteiger partial charge in [-0.25, -0.2) is 9.59 Å². The molecule has 1 fully saturated rings. The van der Waals surface area contributed by atoms with Crippen LogP contribution in [0.15, 0.2) is 66.7 Å². The number of esters is 3. The molecular formula is C35H38O6. The quantitative estimate of drug-likeness (QED) is 0.233. The summed E-state index contributed by atoms with van der Waals surface area (Å²) in [5.74, 6) is -1.24. The van der Waals surface area contributed by atoms with Crippen molar-refractivity contribution in [3.63, 3.8) is 0 Å². The minimum Gasteiger partial charge on any atom is -0.468 e. The predicted octanol–water partition coefficient (Wildman–Crippen LogP) is 7.43. The van der Waals surface area contributed by atoms with Gasteiger partial charge in [0.25, 0.3) is 0 Å². The molecule has 6 heteroatoms. The maximum Gasteiger partial charge on any atom is 0.343 e. The first-order valence-corrected chi connectivity index (χ1v) is 14.4. The molecule has 41 heavy (non-hydrogen) atoms. The number of aryl methyl sites for hydroxylation is 1. The lowest BCUT2D eigenvalue weighted by Gasteiger charge is -2.54. The van der Waals surface area contributed by atoms with Crippen LogP contribution in [0.2, 0.25) is 0 Å². The molecule has 3 aromatic rings. The van der Waals surface area contributed by atoms with Crippen LogP contribution in [0.4, 0.5) is 0 Å². The summed E-state index contributed by atoms with van der Waals surface area (Å²) in [6.45, 7) is 8.42. The fourth-order valence-corrected chi connectivity index (χ4v) is 7.09. The Morgan fingerprint density at radius 3 is 1.93 bits per heavy atom. The van der Waals surface area contributed by atoms with Crippen LogP contribution in [0.3, 0.4) is 0 Å². The summed E-state index contributed by atoms with van der Waals surface area (Å²) in [6, 6.07) is 19.5. The number of ether oxygens (including phenoxy) is 3. The van der Waals surface area contributed by atoms with Crippen LogP contribution < -0.4 is 9.47 Å². The van der Waals surface area contributed by atoms with Crippen molar-refractivity contribution in [3.8, 4) is 11.5 Å². The largest absolute Gasteiger partial charge is 0.468 e. The Labute approximate surface area is 242 Å². The number of carbonyl (C=O) groups is 3. The van der Waals surface area contributed by atoms with Gasteiger partial charge in [0.05, 0.1) is 18.2 Å². The molecule has 0 aliphatic heterocycles. The van der Waals surface area contributed by atoms with E-state index in [1.807, 2.05) is 32.0 Å². The number of hydrogen-bond donors (Lipinski definition) is 0. The Kier molecular flexibility index (Phi) is 7.78. The summed E-state index contributed by atoms with van der Waals surface area (Å²) >= 11 is 0. The molecule has 6 nitrogen and oxygen atoms in total. The highest BCUT2D eigenvalue weighted by Gasteiger charge is 2.59. The maximum absolute atomic E-state index is 14.0. The summed E-state index contributed by atoms with van der Waals surface area (Å²) in [7, 11) is 1.42. The van der Waals surface area contributed by atoms with Gasteiger partial charge in [-0.3, -0.25) is 4.79 Å². The van der Waals surface area contributed by atoms with E-state index >= 15 is 0 Å². The van der Waals surface area contributed by atoms with Crippen LogP contribution in [-0.4, -0.2) is 25.0 Å². The van der Waals surface area contributed by atoms with Crippen molar-refractivity contribution in [2.24, 2.45) is 11.3 Å². The zero-order chi connectivity index (χ0) is 29.4. The Hall–Kier alpha value is -3.93. The van der Waals surface area contributed by atoms with Crippen LogP contribution >= 0.6 is 0 Å².